The Morgan fingerprint density at radius 3 is 2.62 bits per heavy atom. The quantitative estimate of drug-likeness (QED) is 0.639. The Bertz CT molecular complexity index is 317. The number of allylic oxidation sites excluding steroid dienone is 2. The minimum absolute atomic E-state index is 0.780. The molecule has 0 fully saturated rings. The highest BCUT2D eigenvalue weighted by Crippen LogP contribution is 2.13. The van der Waals surface area contributed by atoms with E-state index in [9.17, 15) is 0 Å². The van der Waals surface area contributed by atoms with Crippen molar-refractivity contribution in [2.75, 3.05) is 0 Å². The fourth-order valence-corrected chi connectivity index (χ4v) is 1.13. The molecule has 0 unspecified atom stereocenters. The summed E-state index contributed by atoms with van der Waals surface area (Å²) < 4.78 is 0. The van der Waals surface area contributed by atoms with Gasteiger partial charge in [-0.15, -0.1) is 0 Å². The molecule has 0 aromatic heterocycles. The maximum atomic E-state index is 8.89. The molecule has 66 valence electrons. The molecule has 0 N–H and O–H groups in total. The van der Waals surface area contributed by atoms with Gasteiger partial charge in [0.2, 0.25) is 0 Å². The van der Waals surface area contributed by atoms with E-state index >= 15 is 0 Å². The van der Waals surface area contributed by atoms with Gasteiger partial charge in [-0.2, -0.15) is 5.26 Å². The molecule has 0 aliphatic carbocycles. The second-order valence-electron chi connectivity index (χ2n) is 2.88. The molecule has 0 amide bonds. The van der Waals surface area contributed by atoms with Crippen LogP contribution in [0.2, 0.25) is 0 Å². The van der Waals surface area contributed by atoms with Gasteiger partial charge in [0.25, 0.3) is 0 Å². The van der Waals surface area contributed by atoms with Crippen LogP contribution in [0.5, 0.6) is 0 Å². The Morgan fingerprint density at radius 1 is 1.38 bits per heavy atom. The molecule has 1 aromatic carbocycles. The molecule has 0 atom stereocenters. The SMILES string of the molecule is CCC/C=C(/C#N)c1ccccc1. The smallest absolute Gasteiger partial charge is 0.0994 e. The average molecular weight is 171 g/mol. The molecule has 1 nitrogen and oxygen atoms in total. The molecule has 1 rings (SSSR count). The third kappa shape index (κ3) is 2.76. The fraction of sp³-hybridized carbons (Fsp3) is 0.250. The third-order valence-corrected chi connectivity index (χ3v) is 1.84. The van der Waals surface area contributed by atoms with Crippen molar-refractivity contribution < 1.29 is 0 Å². The van der Waals surface area contributed by atoms with Gasteiger partial charge in [0.05, 0.1) is 11.6 Å². The summed E-state index contributed by atoms with van der Waals surface area (Å²) in [7, 11) is 0. The molecular weight excluding hydrogens is 158 g/mol. The van der Waals surface area contributed by atoms with Crippen molar-refractivity contribution in [3.8, 4) is 6.07 Å². The van der Waals surface area contributed by atoms with Crippen molar-refractivity contribution in [2.45, 2.75) is 19.8 Å². The van der Waals surface area contributed by atoms with E-state index in [-0.39, 0.29) is 0 Å². The van der Waals surface area contributed by atoms with Gasteiger partial charge in [-0.05, 0) is 12.0 Å². The highest BCUT2D eigenvalue weighted by Gasteiger charge is 1.96. The summed E-state index contributed by atoms with van der Waals surface area (Å²) in [5.74, 6) is 0. The van der Waals surface area contributed by atoms with E-state index < -0.39 is 0 Å². The van der Waals surface area contributed by atoms with Crippen LogP contribution in [0.1, 0.15) is 25.3 Å². The normalized spacial score (nSPS) is 10.9. The number of benzene rings is 1. The standard InChI is InChI=1S/C12H13N/c1-2-3-7-12(10-13)11-8-5-4-6-9-11/h4-9H,2-3H2,1H3/b12-7-. The van der Waals surface area contributed by atoms with E-state index in [2.05, 4.69) is 13.0 Å². The first-order chi connectivity index (χ1) is 6.38. The number of nitrogens with zero attached hydrogens (tertiary/aromatic N) is 1. The molecule has 0 saturated heterocycles. The lowest BCUT2D eigenvalue weighted by molar-refractivity contribution is 0.960. The minimum atomic E-state index is 0.780. The molecule has 0 aliphatic heterocycles. The highest BCUT2D eigenvalue weighted by atomic mass is 14.2. The van der Waals surface area contributed by atoms with Gasteiger partial charge in [-0.25, -0.2) is 0 Å². The maximum Gasteiger partial charge on any atom is 0.0994 e. The van der Waals surface area contributed by atoms with Gasteiger partial charge < -0.3 is 0 Å². The zero-order valence-corrected chi connectivity index (χ0v) is 7.83. The Kier molecular flexibility index (Phi) is 3.78. The second-order valence-corrected chi connectivity index (χ2v) is 2.88. The summed E-state index contributed by atoms with van der Waals surface area (Å²) in [5.41, 5.74) is 1.79. The first kappa shape index (κ1) is 9.54. The van der Waals surface area contributed by atoms with Gasteiger partial charge in [0.1, 0.15) is 0 Å². The van der Waals surface area contributed by atoms with E-state index in [0.29, 0.717) is 0 Å². The predicted molar refractivity (Wildman–Crippen MR) is 54.9 cm³/mol. The first-order valence-electron chi connectivity index (χ1n) is 4.54. The van der Waals surface area contributed by atoms with Crippen LogP contribution in [-0.4, -0.2) is 0 Å². The van der Waals surface area contributed by atoms with Crippen molar-refractivity contribution in [1.82, 2.24) is 0 Å². The number of hydrogen-bond acceptors (Lipinski definition) is 1. The average Bonchev–Trinajstić information content (AvgIpc) is 2.21. The number of rotatable bonds is 3. The Balaban J connectivity index is 2.87. The van der Waals surface area contributed by atoms with E-state index in [1.165, 1.54) is 0 Å². The lowest BCUT2D eigenvalue weighted by Crippen LogP contribution is -1.79. The second kappa shape index (κ2) is 5.16. The molecule has 0 heterocycles. The van der Waals surface area contributed by atoms with Crippen molar-refractivity contribution in [3.05, 3.63) is 42.0 Å². The lowest BCUT2D eigenvalue weighted by atomic mass is 10.1. The summed E-state index contributed by atoms with van der Waals surface area (Å²) >= 11 is 0. The zero-order chi connectivity index (χ0) is 9.52. The van der Waals surface area contributed by atoms with Crippen molar-refractivity contribution in [1.29, 1.82) is 5.26 Å². The summed E-state index contributed by atoms with van der Waals surface area (Å²) in [4.78, 5) is 0. The molecule has 0 aliphatic rings. The van der Waals surface area contributed by atoms with Crippen molar-refractivity contribution in [3.63, 3.8) is 0 Å². The van der Waals surface area contributed by atoms with Crippen molar-refractivity contribution in [2.24, 2.45) is 0 Å². The molecule has 13 heavy (non-hydrogen) atoms. The minimum Gasteiger partial charge on any atom is -0.192 e. The maximum absolute atomic E-state index is 8.89. The van der Waals surface area contributed by atoms with E-state index in [4.69, 9.17) is 5.26 Å². The number of unbranched alkanes of at least 4 members (excludes halogenated alkanes) is 1. The molecule has 0 radical (unpaired) electrons. The van der Waals surface area contributed by atoms with Gasteiger partial charge in [0.15, 0.2) is 0 Å². The van der Waals surface area contributed by atoms with Gasteiger partial charge in [0, 0.05) is 0 Å². The van der Waals surface area contributed by atoms with Crippen molar-refractivity contribution >= 4 is 5.57 Å². The van der Waals surface area contributed by atoms with Crippen LogP contribution in [0.15, 0.2) is 36.4 Å². The van der Waals surface area contributed by atoms with Crippen LogP contribution >= 0.6 is 0 Å². The molecule has 1 heteroatoms. The molecule has 0 saturated carbocycles. The van der Waals surface area contributed by atoms with E-state index in [1.54, 1.807) is 0 Å². The van der Waals surface area contributed by atoms with Crippen LogP contribution in [0, 0.1) is 11.3 Å². The van der Waals surface area contributed by atoms with Crippen LogP contribution < -0.4 is 0 Å². The van der Waals surface area contributed by atoms with E-state index in [0.717, 1.165) is 24.0 Å². The summed E-state index contributed by atoms with van der Waals surface area (Å²) in [6.45, 7) is 2.11. The van der Waals surface area contributed by atoms with Crippen LogP contribution in [0.4, 0.5) is 0 Å². The topological polar surface area (TPSA) is 23.8 Å². The van der Waals surface area contributed by atoms with Gasteiger partial charge >= 0.3 is 0 Å². The Labute approximate surface area is 79.3 Å². The molecule has 1 aromatic rings. The largest absolute Gasteiger partial charge is 0.192 e. The zero-order valence-electron chi connectivity index (χ0n) is 7.83. The highest BCUT2D eigenvalue weighted by molar-refractivity contribution is 5.76. The summed E-state index contributed by atoms with van der Waals surface area (Å²) in [6.07, 6.45) is 4.05. The monoisotopic (exact) mass is 171 g/mol. The van der Waals surface area contributed by atoms with Crippen LogP contribution in [0.3, 0.4) is 0 Å². The summed E-state index contributed by atoms with van der Waals surface area (Å²) in [5, 5.41) is 8.89. The van der Waals surface area contributed by atoms with Gasteiger partial charge in [-0.3, -0.25) is 0 Å². The van der Waals surface area contributed by atoms with Crippen LogP contribution in [0.25, 0.3) is 5.57 Å². The Hall–Kier alpha value is -1.55. The molecule has 0 bridgehead atoms. The molecule has 0 spiro atoms. The third-order valence-electron chi connectivity index (χ3n) is 1.84. The fourth-order valence-electron chi connectivity index (χ4n) is 1.13. The summed E-state index contributed by atoms with van der Waals surface area (Å²) in [6, 6.07) is 12.0. The Morgan fingerprint density at radius 2 is 2.08 bits per heavy atom. The first-order valence-corrected chi connectivity index (χ1v) is 4.54. The number of nitriles is 1. The number of hydrogen-bond donors (Lipinski definition) is 0. The molecular formula is C12H13N. The van der Waals surface area contributed by atoms with Gasteiger partial charge in [-0.1, -0.05) is 49.8 Å². The van der Waals surface area contributed by atoms with E-state index in [1.807, 2.05) is 36.4 Å². The van der Waals surface area contributed by atoms with Crippen LogP contribution in [-0.2, 0) is 0 Å². The predicted octanol–water partition coefficient (Wildman–Crippen LogP) is 3.39. The lowest BCUT2D eigenvalue weighted by Gasteiger charge is -1.96.